The molecule has 0 bridgehead atoms. The average molecular weight is 168 g/mol. The smallest absolute Gasteiger partial charge is 0.185 e. The molecular weight excluding hydrogens is 154 g/mol. The van der Waals surface area contributed by atoms with Gasteiger partial charge in [0.05, 0.1) is 13.2 Å². The van der Waals surface area contributed by atoms with Crippen LogP contribution in [-0.4, -0.2) is 25.7 Å². The molecule has 62 valence electrons. The van der Waals surface area contributed by atoms with Gasteiger partial charge >= 0.3 is 0 Å². The van der Waals surface area contributed by atoms with E-state index in [-0.39, 0.29) is 18.4 Å². The third-order valence-corrected chi connectivity index (χ3v) is 0.734. The van der Waals surface area contributed by atoms with Gasteiger partial charge in [-0.25, -0.2) is 0 Å². The lowest BCUT2D eigenvalue weighted by atomic mass is 10.7. The summed E-state index contributed by atoms with van der Waals surface area (Å²) in [6.07, 6.45) is 0. The lowest BCUT2D eigenvalue weighted by molar-refractivity contribution is 0.156. The molecule has 4 nitrogen and oxygen atoms in total. The maximum absolute atomic E-state index is 5.05. The van der Waals surface area contributed by atoms with Gasteiger partial charge in [0.25, 0.3) is 0 Å². The van der Waals surface area contributed by atoms with Gasteiger partial charge in [-0.15, -0.1) is 12.4 Å². The van der Waals surface area contributed by atoms with Crippen molar-refractivity contribution in [1.82, 2.24) is 0 Å². The molecule has 0 aliphatic heterocycles. The Morgan fingerprint density at radius 3 is 2.50 bits per heavy atom. The van der Waals surface area contributed by atoms with E-state index >= 15 is 0 Å². The fraction of sp³-hybridized carbons (Fsp3) is 0.800. The molecule has 0 aliphatic rings. The van der Waals surface area contributed by atoms with Crippen molar-refractivity contribution in [1.29, 1.82) is 0 Å². The third-order valence-electron chi connectivity index (χ3n) is 0.734. The number of guanidine groups is 1. The van der Waals surface area contributed by atoms with E-state index < -0.39 is 0 Å². The number of rotatable bonds is 4. The molecule has 0 fully saturated rings. The van der Waals surface area contributed by atoms with Crippen molar-refractivity contribution in [2.24, 2.45) is 16.5 Å². The van der Waals surface area contributed by atoms with E-state index in [1.807, 2.05) is 6.92 Å². The van der Waals surface area contributed by atoms with Gasteiger partial charge in [0.15, 0.2) is 5.96 Å². The second kappa shape index (κ2) is 8.52. The summed E-state index contributed by atoms with van der Waals surface area (Å²) in [6, 6.07) is 0. The molecule has 0 aromatic carbocycles. The third kappa shape index (κ3) is 10.5. The summed E-state index contributed by atoms with van der Waals surface area (Å²) in [4.78, 5) is 3.71. The minimum atomic E-state index is 0. The summed E-state index contributed by atoms with van der Waals surface area (Å²) in [6.45, 7) is 3.78. The highest BCUT2D eigenvalue weighted by atomic mass is 35.5. The van der Waals surface area contributed by atoms with E-state index in [1.165, 1.54) is 0 Å². The normalized spacial score (nSPS) is 8.10. The molecule has 4 N–H and O–H groups in total. The van der Waals surface area contributed by atoms with Gasteiger partial charge in [-0.3, -0.25) is 4.99 Å². The second-order valence-corrected chi connectivity index (χ2v) is 1.50. The van der Waals surface area contributed by atoms with Crippen molar-refractivity contribution in [3.05, 3.63) is 0 Å². The van der Waals surface area contributed by atoms with Crippen LogP contribution in [0.1, 0.15) is 6.92 Å². The van der Waals surface area contributed by atoms with Gasteiger partial charge in [0, 0.05) is 6.61 Å². The number of nitrogens with zero attached hydrogens (tertiary/aromatic N) is 1. The summed E-state index contributed by atoms with van der Waals surface area (Å²) in [5, 5.41) is 0. The lowest BCUT2D eigenvalue weighted by Crippen LogP contribution is -2.23. The molecule has 0 aromatic rings. The van der Waals surface area contributed by atoms with Crippen LogP contribution < -0.4 is 11.5 Å². The molecule has 0 spiro atoms. The van der Waals surface area contributed by atoms with Crippen LogP contribution in [0.4, 0.5) is 0 Å². The number of nitrogens with two attached hydrogens (primary N) is 2. The summed E-state index contributed by atoms with van der Waals surface area (Å²) in [5.74, 6) is 0.120. The molecule has 0 rings (SSSR count). The minimum absolute atomic E-state index is 0. The zero-order chi connectivity index (χ0) is 7.11. The Bertz CT molecular complexity index is 92.9. The lowest BCUT2D eigenvalue weighted by Gasteiger charge is -1.95. The molecule has 0 heterocycles. The first-order valence-electron chi connectivity index (χ1n) is 2.90. The van der Waals surface area contributed by atoms with Crippen LogP contribution in [0.5, 0.6) is 0 Å². The predicted octanol–water partition coefficient (Wildman–Crippen LogP) is -0.282. The average Bonchev–Trinajstić information content (AvgIpc) is 1.80. The number of hydrogen-bond donors (Lipinski definition) is 2. The Balaban J connectivity index is 0. The number of aliphatic imine (C=N–C) groups is 1. The van der Waals surface area contributed by atoms with E-state index in [1.54, 1.807) is 0 Å². The molecule has 0 atom stereocenters. The summed E-state index contributed by atoms with van der Waals surface area (Å²) >= 11 is 0. The van der Waals surface area contributed by atoms with Crippen LogP contribution in [0.3, 0.4) is 0 Å². The fourth-order valence-electron chi connectivity index (χ4n) is 0.384. The quantitative estimate of drug-likeness (QED) is 0.344. The maximum Gasteiger partial charge on any atom is 0.185 e. The largest absolute Gasteiger partial charge is 0.380 e. The fourth-order valence-corrected chi connectivity index (χ4v) is 0.384. The number of halogens is 1. The first kappa shape index (κ1) is 12.2. The van der Waals surface area contributed by atoms with Gasteiger partial charge in [-0.05, 0) is 6.92 Å². The van der Waals surface area contributed by atoms with Crippen LogP contribution >= 0.6 is 12.4 Å². The van der Waals surface area contributed by atoms with Crippen LogP contribution in [0, 0.1) is 0 Å². The topological polar surface area (TPSA) is 73.6 Å². The Kier molecular flexibility index (Phi) is 10.4. The highest BCUT2D eigenvalue weighted by Crippen LogP contribution is 1.73. The Morgan fingerprint density at radius 2 is 2.10 bits per heavy atom. The van der Waals surface area contributed by atoms with Gasteiger partial charge in [-0.1, -0.05) is 0 Å². The van der Waals surface area contributed by atoms with Crippen molar-refractivity contribution in [2.45, 2.75) is 6.92 Å². The molecule has 0 saturated heterocycles. The van der Waals surface area contributed by atoms with Crippen molar-refractivity contribution in [2.75, 3.05) is 19.8 Å². The number of ether oxygens (including phenoxy) is 1. The van der Waals surface area contributed by atoms with Crippen LogP contribution in [-0.2, 0) is 4.74 Å². The molecule has 0 aliphatic carbocycles. The minimum Gasteiger partial charge on any atom is -0.380 e. The van der Waals surface area contributed by atoms with Gasteiger partial charge < -0.3 is 16.2 Å². The molecule has 10 heavy (non-hydrogen) atoms. The molecular formula is C5H14ClN3O. The van der Waals surface area contributed by atoms with E-state index in [4.69, 9.17) is 16.2 Å². The van der Waals surface area contributed by atoms with Crippen LogP contribution in [0.2, 0.25) is 0 Å². The molecule has 5 heteroatoms. The zero-order valence-electron chi connectivity index (χ0n) is 6.04. The second-order valence-electron chi connectivity index (χ2n) is 1.50. The van der Waals surface area contributed by atoms with Gasteiger partial charge in [0.1, 0.15) is 0 Å². The molecule has 0 radical (unpaired) electrons. The Hall–Kier alpha value is -0.480. The number of hydrogen-bond acceptors (Lipinski definition) is 2. The molecule has 0 unspecified atom stereocenters. The predicted molar refractivity (Wildman–Crippen MR) is 44.4 cm³/mol. The van der Waals surface area contributed by atoms with E-state index in [9.17, 15) is 0 Å². The first-order chi connectivity index (χ1) is 4.27. The van der Waals surface area contributed by atoms with E-state index in [2.05, 4.69) is 4.99 Å². The maximum atomic E-state index is 5.05. The van der Waals surface area contributed by atoms with E-state index in [0.29, 0.717) is 19.8 Å². The Morgan fingerprint density at radius 1 is 1.50 bits per heavy atom. The van der Waals surface area contributed by atoms with Gasteiger partial charge in [-0.2, -0.15) is 0 Å². The standard InChI is InChI=1S/C5H13N3O.ClH/c1-2-9-4-3-8-5(6)7;/h2-4H2,1H3,(H4,6,7,8);1H. The Labute approximate surface area is 67.0 Å². The zero-order valence-corrected chi connectivity index (χ0v) is 6.86. The van der Waals surface area contributed by atoms with Crippen LogP contribution in [0.15, 0.2) is 4.99 Å². The monoisotopic (exact) mass is 167 g/mol. The van der Waals surface area contributed by atoms with Gasteiger partial charge in [0.2, 0.25) is 0 Å². The van der Waals surface area contributed by atoms with Crippen molar-refractivity contribution in [3.8, 4) is 0 Å². The summed E-state index contributed by atoms with van der Waals surface area (Å²) < 4.78 is 4.97. The SMILES string of the molecule is CCOCCN=C(N)N.Cl. The summed E-state index contributed by atoms with van der Waals surface area (Å²) in [7, 11) is 0. The molecule has 0 aromatic heterocycles. The van der Waals surface area contributed by atoms with Crippen LogP contribution in [0.25, 0.3) is 0 Å². The molecule has 0 saturated carbocycles. The van der Waals surface area contributed by atoms with Crippen molar-refractivity contribution in [3.63, 3.8) is 0 Å². The van der Waals surface area contributed by atoms with Crippen molar-refractivity contribution < 1.29 is 4.74 Å². The molecule has 0 amide bonds. The summed E-state index contributed by atoms with van der Waals surface area (Å²) in [5.41, 5.74) is 10.1. The first-order valence-corrected chi connectivity index (χ1v) is 2.90. The highest BCUT2D eigenvalue weighted by molar-refractivity contribution is 5.85. The van der Waals surface area contributed by atoms with E-state index in [0.717, 1.165) is 0 Å². The van der Waals surface area contributed by atoms with Crippen molar-refractivity contribution >= 4 is 18.4 Å². The highest BCUT2D eigenvalue weighted by Gasteiger charge is 1.81.